The number of benzene rings is 1. The number of alkyl halides is 1. The highest BCUT2D eigenvalue weighted by molar-refractivity contribution is 14.1. The van der Waals surface area contributed by atoms with Crippen LogP contribution in [0.4, 0.5) is 0 Å². The molecule has 1 aromatic carbocycles. The molecule has 1 heterocycles. The third-order valence-electron chi connectivity index (χ3n) is 2.86. The topological polar surface area (TPSA) is 9.23 Å². The highest BCUT2D eigenvalue weighted by atomic mass is 127. The Labute approximate surface area is 134 Å². The summed E-state index contributed by atoms with van der Waals surface area (Å²) in [5.41, 5.74) is 4.96. The van der Waals surface area contributed by atoms with Gasteiger partial charge in [0.1, 0.15) is 5.75 Å². The molecule has 2 aromatic rings. The maximum Gasteiger partial charge on any atom is 0.124 e. The van der Waals surface area contributed by atoms with Gasteiger partial charge in [-0.1, -0.05) is 28.1 Å². The number of rotatable bonds is 3. The second-order valence-electron chi connectivity index (χ2n) is 4.23. The van der Waals surface area contributed by atoms with Gasteiger partial charge >= 0.3 is 0 Å². The molecule has 0 saturated heterocycles. The van der Waals surface area contributed by atoms with E-state index in [4.69, 9.17) is 4.74 Å². The Morgan fingerprint density at radius 2 is 1.78 bits per heavy atom. The van der Waals surface area contributed by atoms with Crippen LogP contribution >= 0.6 is 49.9 Å². The summed E-state index contributed by atoms with van der Waals surface area (Å²) in [6.07, 6.45) is 0. The second kappa shape index (κ2) is 5.92. The number of ether oxygens (including phenoxy) is 1. The molecule has 1 unspecified atom stereocenters. The Kier molecular flexibility index (Phi) is 4.72. The summed E-state index contributed by atoms with van der Waals surface area (Å²) >= 11 is 7.92. The fourth-order valence-electron chi connectivity index (χ4n) is 2.10. The van der Waals surface area contributed by atoms with E-state index < -0.39 is 0 Å². The molecule has 0 bridgehead atoms. The summed E-state index contributed by atoms with van der Waals surface area (Å²) in [5, 5.41) is 2.20. The fraction of sp³-hybridized carbons (Fsp3) is 0.286. The number of thiophene rings is 1. The van der Waals surface area contributed by atoms with Crippen LogP contribution in [0.15, 0.2) is 23.6 Å². The van der Waals surface area contributed by atoms with Gasteiger partial charge in [0.05, 0.1) is 14.8 Å². The summed E-state index contributed by atoms with van der Waals surface area (Å²) in [6, 6.07) is 6.60. The van der Waals surface area contributed by atoms with Crippen LogP contribution < -0.4 is 4.74 Å². The first-order chi connectivity index (χ1) is 8.52. The first-order valence-electron chi connectivity index (χ1n) is 5.56. The molecule has 2 rings (SSSR count). The summed E-state index contributed by atoms with van der Waals surface area (Å²) in [4.78, 5) is 0.251. The van der Waals surface area contributed by atoms with E-state index in [1.54, 1.807) is 18.4 Å². The van der Waals surface area contributed by atoms with Crippen molar-refractivity contribution in [2.75, 3.05) is 7.11 Å². The van der Waals surface area contributed by atoms with Gasteiger partial charge in [0, 0.05) is 0 Å². The van der Waals surface area contributed by atoms with Crippen LogP contribution in [0, 0.1) is 16.7 Å². The molecule has 0 N–H and O–H groups in total. The van der Waals surface area contributed by atoms with Crippen LogP contribution in [0.5, 0.6) is 5.75 Å². The molecule has 0 aliphatic heterocycles. The average Bonchev–Trinajstić information content (AvgIpc) is 2.74. The predicted octanol–water partition coefficient (Wildman–Crippen LogP) is 5.46. The minimum Gasteiger partial charge on any atom is -0.496 e. The molecule has 18 heavy (non-hydrogen) atoms. The van der Waals surface area contributed by atoms with Gasteiger partial charge in [-0.3, -0.25) is 0 Å². The number of aryl methyl sites for hydroxylation is 2. The minimum atomic E-state index is 0.251. The van der Waals surface area contributed by atoms with Crippen molar-refractivity contribution in [3.8, 4) is 5.75 Å². The lowest BCUT2D eigenvalue weighted by atomic mass is 10.0. The normalized spacial score (nSPS) is 12.5. The zero-order chi connectivity index (χ0) is 13.3. The first-order valence-corrected chi connectivity index (χ1v) is 8.43. The molecule has 0 radical (unpaired) electrons. The minimum absolute atomic E-state index is 0.251. The molecular weight excluding hydrogens is 423 g/mol. The van der Waals surface area contributed by atoms with Crippen LogP contribution in [-0.4, -0.2) is 7.11 Å². The van der Waals surface area contributed by atoms with Crippen LogP contribution in [0.25, 0.3) is 0 Å². The summed E-state index contributed by atoms with van der Waals surface area (Å²) in [5.74, 6) is 0.985. The Bertz CT molecular complexity index is 542. The van der Waals surface area contributed by atoms with E-state index in [0.29, 0.717) is 0 Å². The van der Waals surface area contributed by atoms with E-state index in [9.17, 15) is 0 Å². The third-order valence-corrected chi connectivity index (χ3v) is 5.72. The van der Waals surface area contributed by atoms with Crippen molar-refractivity contribution in [3.05, 3.63) is 48.7 Å². The van der Waals surface area contributed by atoms with Gasteiger partial charge in [0.15, 0.2) is 0 Å². The van der Waals surface area contributed by atoms with E-state index in [1.165, 1.54) is 25.1 Å². The molecule has 0 spiro atoms. The van der Waals surface area contributed by atoms with Gasteiger partial charge < -0.3 is 4.74 Å². The zero-order valence-corrected chi connectivity index (χ0v) is 15.0. The van der Waals surface area contributed by atoms with Crippen molar-refractivity contribution >= 4 is 49.9 Å². The van der Waals surface area contributed by atoms with Gasteiger partial charge in [0.2, 0.25) is 0 Å². The number of methoxy groups -OCH3 is 1. The van der Waals surface area contributed by atoms with Gasteiger partial charge in [-0.15, -0.1) is 11.3 Å². The number of hydrogen-bond acceptors (Lipinski definition) is 2. The Morgan fingerprint density at radius 1 is 1.17 bits per heavy atom. The van der Waals surface area contributed by atoms with Crippen molar-refractivity contribution in [1.82, 2.24) is 0 Å². The van der Waals surface area contributed by atoms with Crippen molar-refractivity contribution in [3.63, 3.8) is 0 Å². The molecule has 0 fully saturated rings. The molecule has 1 atom stereocenters. The smallest absolute Gasteiger partial charge is 0.124 e. The molecule has 96 valence electrons. The highest BCUT2D eigenvalue weighted by Crippen LogP contribution is 2.37. The third kappa shape index (κ3) is 2.91. The van der Waals surface area contributed by atoms with Gasteiger partial charge in [-0.25, -0.2) is 0 Å². The van der Waals surface area contributed by atoms with E-state index in [2.05, 4.69) is 75.9 Å². The maximum atomic E-state index is 5.41. The van der Waals surface area contributed by atoms with Crippen molar-refractivity contribution in [2.24, 2.45) is 0 Å². The summed E-state index contributed by atoms with van der Waals surface area (Å²) < 4.78 is 6.72. The van der Waals surface area contributed by atoms with Gasteiger partial charge in [0.25, 0.3) is 0 Å². The van der Waals surface area contributed by atoms with Crippen molar-refractivity contribution in [2.45, 2.75) is 18.7 Å². The molecule has 1 aromatic heterocycles. The Hall–Kier alpha value is -0.0700. The number of hydrogen-bond donors (Lipinski definition) is 0. The molecule has 1 nitrogen and oxygen atoms in total. The standard InChI is InChI=1S/C14H14BrIOS/c1-8-4-10(5-9(2)14(8)17-3)13(15)11-6-12(16)18-7-11/h4-7,13H,1-3H3. The van der Waals surface area contributed by atoms with Crippen molar-refractivity contribution in [1.29, 1.82) is 0 Å². The summed E-state index contributed by atoms with van der Waals surface area (Å²) in [7, 11) is 1.72. The predicted molar refractivity (Wildman–Crippen MR) is 90.3 cm³/mol. The lowest BCUT2D eigenvalue weighted by molar-refractivity contribution is 0.408. The van der Waals surface area contributed by atoms with E-state index >= 15 is 0 Å². The lowest BCUT2D eigenvalue weighted by Gasteiger charge is -2.14. The van der Waals surface area contributed by atoms with Gasteiger partial charge in [-0.2, -0.15) is 0 Å². The SMILES string of the molecule is COc1c(C)cc(C(Br)c2csc(I)c2)cc1C. The first kappa shape index (κ1) is 14.3. The average molecular weight is 437 g/mol. The van der Waals surface area contributed by atoms with Crippen LogP contribution in [0.3, 0.4) is 0 Å². The molecule has 4 heteroatoms. The molecule has 0 saturated carbocycles. The second-order valence-corrected chi connectivity index (χ2v) is 7.96. The van der Waals surface area contributed by atoms with Gasteiger partial charge in [-0.05, 0) is 70.1 Å². The molecular formula is C14H14BrIOS. The molecule has 0 aliphatic rings. The van der Waals surface area contributed by atoms with E-state index in [-0.39, 0.29) is 4.83 Å². The fourth-order valence-corrected chi connectivity index (χ4v) is 4.20. The van der Waals surface area contributed by atoms with Crippen LogP contribution in [-0.2, 0) is 0 Å². The Balaban J connectivity index is 2.40. The molecule has 0 amide bonds. The van der Waals surface area contributed by atoms with Crippen LogP contribution in [0.2, 0.25) is 0 Å². The van der Waals surface area contributed by atoms with E-state index in [0.717, 1.165) is 5.75 Å². The van der Waals surface area contributed by atoms with Crippen LogP contribution in [0.1, 0.15) is 27.1 Å². The summed E-state index contributed by atoms with van der Waals surface area (Å²) in [6.45, 7) is 4.18. The monoisotopic (exact) mass is 436 g/mol. The highest BCUT2D eigenvalue weighted by Gasteiger charge is 2.15. The lowest BCUT2D eigenvalue weighted by Crippen LogP contribution is -1.96. The van der Waals surface area contributed by atoms with E-state index in [1.807, 2.05) is 0 Å². The maximum absolute atomic E-state index is 5.41. The largest absolute Gasteiger partial charge is 0.496 e. The van der Waals surface area contributed by atoms with Crippen molar-refractivity contribution < 1.29 is 4.74 Å². The molecule has 0 aliphatic carbocycles. The quantitative estimate of drug-likeness (QED) is 0.458. The zero-order valence-electron chi connectivity index (χ0n) is 10.5. The number of halogens is 2. The Morgan fingerprint density at radius 3 is 2.22 bits per heavy atom.